The molecule has 3 unspecified atom stereocenters. The maximum absolute atomic E-state index is 13.8. The van der Waals surface area contributed by atoms with E-state index >= 15 is 0 Å². The number of amides is 1. The van der Waals surface area contributed by atoms with Gasteiger partial charge in [-0.2, -0.15) is 0 Å². The van der Waals surface area contributed by atoms with Gasteiger partial charge in [0.15, 0.2) is 0 Å². The second-order valence-electron chi connectivity index (χ2n) is 5.53. The standard InChI is InChI=1S/C13H16FNO/c1-12(2,3)15-11(16)9-10(14)13(9)7-5-4-6-8-13/h4-10H,1-3H3/p+1. The first kappa shape index (κ1) is 11.2. The van der Waals surface area contributed by atoms with E-state index in [1.54, 1.807) is 24.6 Å². The summed E-state index contributed by atoms with van der Waals surface area (Å²) >= 11 is 0. The Morgan fingerprint density at radius 1 is 1.44 bits per heavy atom. The Labute approximate surface area is 95.6 Å². The number of alkyl halides is 1. The van der Waals surface area contributed by atoms with Crippen LogP contribution in [0.1, 0.15) is 20.8 Å². The van der Waals surface area contributed by atoms with Crippen molar-refractivity contribution in [2.24, 2.45) is 11.3 Å². The van der Waals surface area contributed by atoms with Gasteiger partial charge in [-0.05, 0) is 26.8 Å². The third kappa shape index (κ3) is 1.75. The van der Waals surface area contributed by atoms with Crippen LogP contribution in [-0.4, -0.2) is 17.6 Å². The number of hydrogen-bond donors (Lipinski definition) is 1. The summed E-state index contributed by atoms with van der Waals surface area (Å²) in [6, 6.07) is 0. The highest BCUT2D eigenvalue weighted by molar-refractivity contribution is 5.86. The minimum absolute atomic E-state index is 0.198. The minimum atomic E-state index is -1.09. The lowest BCUT2D eigenvalue weighted by Crippen LogP contribution is -2.42. The van der Waals surface area contributed by atoms with Crippen LogP contribution in [0.4, 0.5) is 4.39 Å². The fourth-order valence-corrected chi connectivity index (χ4v) is 2.14. The van der Waals surface area contributed by atoms with Gasteiger partial charge in [0.05, 0.1) is 18.6 Å². The van der Waals surface area contributed by atoms with Crippen LogP contribution in [0.2, 0.25) is 0 Å². The second-order valence-corrected chi connectivity index (χ2v) is 5.53. The summed E-state index contributed by atoms with van der Waals surface area (Å²) in [4.78, 5) is 11.9. The lowest BCUT2D eigenvalue weighted by molar-refractivity contribution is -0.124. The molecular weight excluding hydrogens is 205 g/mol. The third-order valence-corrected chi connectivity index (χ3v) is 2.97. The molecule has 0 heterocycles. The Balaban J connectivity index is 2.06. The van der Waals surface area contributed by atoms with Crippen molar-refractivity contribution in [3.63, 3.8) is 0 Å². The molecule has 2 aliphatic carbocycles. The zero-order chi connectivity index (χ0) is 12.0. The van der Waals surface area contributed by atoms with E-state index in [-0.39, 0.29) is 11.4 Å². The van der Waals surface area contributed by atoms with E-state index in [0.717, 1.165) is 0 Å². The lowest BCUT2D eigenvalue weighted by Gasteiger charge is -2.20. The van der Waals surface area contributed by atoms with Crippen LogP contribution in [0, 0.1) is 17.8 Å². The zero-order valence-corrected chi connectivity index (χ0v) is 9.83. The van der Waals surface area contributed by atoms with E-state index < -0.39 is 17.5 Å². The van der Waals surface area contributed by atoms with Gasteiger partial charge < -0.3 is 5.32 Å². The SMILES string of the molecule is CC(C)(C)NC(=O)C1C(F)C12C=CC=C[CH+]2. The second kappa shape index (κ2) is 3.37. The normalized spacial score (nSPS) is 36.0. The maximum Gasteiger partial charge on any atom is 0.229 e. The van der Waals surface area contributed by atoms with Crippen LogP contribution in [-0.2, 0) is 4.79 Å². The summed E-state index contributed by atoms with van der Waals surface area (Å²) in [5, 5.41) is 2.83. The van der Waals surface area contributed by atoms with Crippen molar-refractivity contribution in [3.05, 3.63) is 30.7 Å². The van der Waals surface area contributed by atoms with Crippen LogP contribution in [0.3, 0.4) is 0 Å². The van der Waals surface area contributed by atoms with Gasteiger partial charge in [-0.25, -0.2) is 4.39 Å². The van der Waals surface area contributed by atoms with Gasteiger partial charge in [-0.15, -0.1) is 0 Å². The van der Waals surface area contributed by atoms with Crippen LogP contribution in [0.5, 0.6) is 0 Å². The summed E-state index contributed by atoms with van der Waals surface area (Å²) < 4.78 is 13.8. The van der Waals surface area contributed by atoms with Crippen molar-refractivity contribution in [1.82, 2.24) is 5.32 Å². The molecule has 1 saturated carbocycles. The Kier molecular flexibility index (Phi) is 2.37. The molecule has 0 aromatic heterocycles. The first-order valence-corrected chi connectivity index (χ1v) is 5.53. The molecule has 16 heavy (non-hydrogen) atoms. The molecule has 2 aliphatic rings. The third-order valence-electron chi connectivity index (χ3n) is 2.97. The molecule has 1 fully saturated rings. The van der Waals surface area contributed by atoms with Gasteiger partial charge in [-0.1, -0.05) is 0 Å². The molecular formula is C13H17FNO+. The summed E-state index contributed by atoms with van der Waals surface area (Å²) in [7, 11) is 0. The van der Waals surface area contributed by atoms with E-state index in [1.165, 1.54) is 0 Å². The van der Waals surface area contributed by atoms with Crippen LogP contribution < -0.4 is 5.32 Å². The molecule has 0 bridgehead atoms. The van der Waals surface area contributed by atoms with Gasteiger partial charge in [0, 0.05) is 11.6 Å². The molecule has 3 heteroatoms. The van der Waals surface area contributed by atoms with Crippen molar-refractivity contribution in [3.8, 4) is 0 Å². The Hall–Kier alpha value is -1.25. The van der Waals surface area contributed by atoms with Crippen molar-refractivity contribution in [2.75, 3.05) is 0 Å². The van der Waals surface area contributed by atoms with Crippen LogP contribution in [0.25, 0.3) is 0 Å². The minimum Gasteiger partial charge on any atom is -0.351 e. The predicted octanol–water partition coefficient (Wildman–Crippen LogP) is 2.19. The summed E-state index contributed by atoms with van der Waals surface area (Å²) in [6.07, 6.45) is 7.92. The van der Waals surface area contributed by atoms with Crippen molar-refractivity contribution in [1.29, 1.82) is 0 Å². The average molecular weight is 222 g/mol. The molecule has 0 radical (unpaired) electrons. The summed E-state index contributed by atoms with van der Waals surface area (Å²) in [5.41, 5.74) is -0.987. The smallest absolute Gasteiger partial charge is 0.229 e. The lowest BCUT2D eigenvalue weighted by atomic mass is 9.94. The quantitative estimate of drug-likeness (QED) is 0.677. The molecule has 0 aromatic rings. The van der Waals surface area contributed by atoms with Crippen molar-refractivity contribution >= 4 is 5.91 Å². The van der Waals surface area contributed by atoms with Crippen molar-refractivity contribution in [2.45, 2.75) is 32.5 Å². The number of hydrogen-bond acceptors (Lipinski definition) is 1. The van der Waals surface area contributed by atoms with E-state index in [9.17, 15) is 9.18 Å². The van der Waals surface area contributed by atoms with E-state index in [0.29, 0.717) is 0 Å². The highest BCUT2D eigenvalue weighted by atomic mass is 19.1. The molecule has 2 rings (SSSR count). The van der Waals surface area contributed by atoms with Crippen molar-refractivity contribution < 1.29 is 9.18 Å². The van der Waals surface area contributed by atoms with E-state index in [1.807, 2.05) is 26.8 Å². The van der Waals surface area contributed by atoms with Gasteiger partial charge in [0.25, 0.3) is 0 Å². The molecule has 1 amide bonds. The molecule has 0 aromatic carbocycles. The highest BCUT2D eigenvalue weighted by Crippen LogP contribution is 2.59. The van der Waals surface area contributed by atoms with Crippen LogP contribution >= 0.6 is 0 Å². The number of rotatable bonds is 1. The Morgan fingerprint density at radius 2 is 2.12 bits per heavy atom. The maximum atomic E-state index is 13.8. The van der Waals surface area contributed by atoms with Crippen LogP contribution in [0.15, 0.2) is 24.3 Å². The number of carbonyl (C=O) groups is 1. The fraction of sp³-hybridized carbons (Fsp3) is 0.538. The molecule has 3 atom stereocenters. The fourth-order valence-electron chi connectivity index (χ4n) is 2.14. The Bertz CT molecular complexity index is 367. The van der Waals surface area contributed by atoms with Gasteiger partial charge in [0.2, 0.25) is 5.91 Å². The molecule has 0 aliphatic heterocycles. The monoisotopic (exact) mass is 222 g/mol. The molecule has 1 N–H and O–H groups in total. The van der Waals surface area contributed by atoms with E-state index in [2.05, 4.69) is 5.32 Å². The summed E-state index contributed by atoms with van der Waals surface area (Å²) in [6.45, 7) is 5.69. The summed E-state index contributed by atoms with van der Waals surface area (Å²) in [5.74, 6) is -0.760. The average Bonchev–Trinajstić information content (AvgIpc) is 2.69. The topological polar surface area (TPSA) is 29.1 Å². The van der Waals surface area contributed by atoms with Gasteiger partial charge in [0.1, 0.15) is 17.5 Å². The first-order valence-electron chi connectivity index (χ1n) is 5.53. The van der Waals surface area contributed by atoms with Gasteiger partial charge >= 0.3 is 0 Å². The first-order chi connectivity index (χ1) is 7.37. The number of allylic oxidation sites excluding steroid dienone is 4. The predicted molar refractivity (Wildman–Crippen MR) is 61.3 cm³/mol. The largest absolute Gasteiger partial charge is 0.351 e. The number of nitrogens with one attached hydrogen (secondary N) is 1. The molecule has 86 valence electrons. The molecule has 1 spiro atoms. The molecule has 0 saturated heterocycles. The molecule has 2 nitrogen and oxygen atoms in total. The van der Waals surface area contributed by atoms with E-state index in [4.69, 9.17) is 0 Å². The van der Waals surface area contributed by atoms with Gasteiger partial charge in [-0.3, -0.25) is 4.79 Å². The number of carbonyl (C=O) groups excluding carboxylic acids is 1. The zero-order valence-electron chi connectivity index (χ0n) is 9.83. The Morgan fingerprint density at radius 3 is 2.62 bits per heavy atom. The number of halogens is 1. The highest BCUT2D eigenvalue weighted by Gasteiger charge is 2.72.